The van der Waals surface area contributed by atoms with Crippen molar-refractivity contribution in [3.63, 3.8) is 0 Å². The molecule has 8 heteroatoms. The molecule has 0 bridgehead atoms. The topological polar surface area (TPSA) is 82.0 Å². The van der Waals surface area contributed by atoms with Gasteiger partial charge >= 0.3 is 0 Å². The molecule has 0 aromatic carbocycles. The van der Waals surface area contributed by atoms with Crippen LogP contribution in [0.2, 0.25) is 0 Å². The van der Waals surface area contributed by atoms with Gasteiger partial charge in [0.25, 0.3) is 0 Å². The monoisotopic (exact) mass is 352 g/mol. The third-order valence-electron chi connectivity index (χ3n) is 4.60. The highest BCUT2D eigenvalue weighted by molar-refractivity contribution is 5.76. The van der Waals surface area contributed by atoms with Crippen LogP contribution in [0.25, 0.3) is 0 Å². The third kappa shape index (κ3) is 3.25. The van der Waals surface area contributed by atoms with E-state index in [-0.39, 0.29) is 6.10 Å². The Balaban J connectivity index is 1.59. The number of nitrogens with zero attached hydrogens (tertiary/aromatic N) is 2. The van der Waals surface area contributed by atoms with Crippen LogP contribution in [0.15, 0.2) is 29.0 Å². The Kier molecular flexibility index (Phi) is 4.02. The Bertz CT molecular complexity index is 615. The molecule has 0 spiro atoms. The Morgan fingerprint density at radius 2 is 1.96 bits per heavy atom. The van der Waals surface area contributed by atoms with Crippen molar-refractivity contribution in [2.75, 3.05) is 6.61 Å². The van der Waals surface area contributed by atoms with Gasteiger partial charge in [0.2, 0.25) is 0 Å². The van der Waals surface area contributed by atoms with E-state index in [0.29, 0.717) is 12.3 Å². The summed E-state index contributed by atoms with van der Waals surface area (Å²) in [5.41, 5.74) is 0.645. The summed E-state index contributed by atoms with van der Waals surface area (Å²) in [4.78, 5) is 4.16. The van der Waals surface area contributed by atoms with E-state index < -0.39 is 36.1 Å². The maximum absolute atomic E-state index is 10.7. The highest BCUT2D eigenvalue weighted by atomic mass is 16.8. The van der Waals surface area contributed by atoms with Crippen LogP contribution in [0.1, 0.15) is 27.7 Å². The van der Waals surface area contributed by atoms with Crippen molar-refractivity contribution in [1.29, 1.82) is 0 Å². The third-order valence-corrected chi connectivity index (χ3v) is 4.60. The van der Waals surface area contributed by atoms with Gasteiger partial charge in [-0.05, 0) is 39.8 Å². The molecule has 4 aliphatic heterocycles. The molecule has 4 rings (SSSR count). The summed E-state index contributed by atoms with van der Waals surface area (Å²) in [7, 11) is 0. The zero-order valence-electron chi connectivity index (χ0n) is 14.8. The Morgan fingerprint density at radius 1 is 1.16 bits per heavy atom. The van der Waals surface area contributed by atoms with Crippen molar-refractivity contribution in [3.05, 3.63) is 24.0 Å². The van der Waals surface area contributed by atoms with E-state index in [1.54, 1.807) is 24.6 Å². The average Bonchev–Trinajstić information content (AvgIpc) is 3.22. The molecule has 3 saturated heterocycles. The summed E-state index contributed by atoms with van der Waals surface area (Å²) in [6, 6.07) is -0.508. The second-order valence-corrected chi connectivity index (χ2v) is 7.50. The van der Waals surface area contributed by atoms with Crippen LogP contribution >= 0.6 is 0 Å². The van der Waals surface area contributed by atoms with Crippen molar-refractivity contribution in [2.24, 2.45) is 4.99 Å². The molecule has 0 aliphatic carbocycles. The molecule has 1 N–H and O–H groups in total. The lowest BCUT2D eigenvalue weighted by atomic mass is 10.0. The Labute approximate surface area is 146 Å². The SMILES string of the molecule is CC1(C)O[C@H]2O[C@H]([C@H]3COC(C)(C)O3)[C@@H](N(O)/C=C3/C=CC=N3)[C@H]2O1. The first kappa shape index (κ1) is 17.1. The molecule has 8 nitrogen and oxygen atoms in total. The number of hydrogen-bond donors (Lipinski definition) is 1. The molecular weight excluding hydrogens is 328 g/mol. The normalized spacial score (nSPS) is 42.4. The van der Waals surface area contributed by atoms with Gasteiger partial charge in [-0.15, -0.1) is 0 Å². The van der Waals surface area contributed by atoms with E-state index >= 15 is 0 Å². The van der Waals surface area contributed by atoms with Crippen LogP contribution in [0.5, 0.6) is 0 Å². The number of aliphatic imine (C=N–C) groups is 1. The number of fused-ring (bicyclic) bond motifs is 1. The highest BCUT2D eigenvalue weighted by Crippen LogP contribution is 2.42. The molecule has 0 aromatic heterocycles. The molecule has 0 radical (unpaired) electrons. The maximum Gasteiger partial charge on any atom is 0.189 e. The Morgan fingerprint density at radius 3 is 2.60 bits per heavy atom. The molecule has 0 aromatic rings. The van der Waals surface area contributed by atoms with Gasteiger partial charge in [0.1, 0.15) is 24.4 Å². The van der Waals surface area contributed by atoms with Crippen LogP contribution in [0, 0.1) is 0 Å². The minimum Gasteiger partial charge on any atom is -0.348 e. The number of hydroxylamine groups is 2. The van der Waals surface area contributed by atoms with E-state index in [0.717, 1.165) is 5.06 Å². The molecule has 25 heavy (non-hydrogen) atoms. The van der Waals surface area contributed by atoms with E-state index in [4.69, 9.17) is 23.7 Å². The van der Waals surface area contributed by atoms with Crippen LogP contribution in [0.3, 0.4) is 0 Å². The zero-order chi connectivity index (χ0) is 17.8. The van der Waals surface area contributed by atoms with Crippen LogP contribution in [-0.4, -0.2) is 65.3 Å². The lowest BCUT2D eigenvalue weighted by Crippen LogP contribution is -2.50. The number of ether oxygens (including phenoxy) is 5. The van der Waals surface area contributed by atoms with E-state index in [1.165, 1.54) is 0 Å². The smallest absolute Gasteiger partial charge is 0.189 e. The van der Waals surface area contributed by atoms with Gasteiger partial charge in [0.05, 0.1) is 18.5 Å². The van der Waals surface area contributed by atoms with Gasteiger partial charge in [-0.3, -0.25) is 15.3 Å². The molecule has 138 valence electrons. The summed E-state index contributed by atoms with van der Waals surface area (Å²) in [5.74, 6) is -1.46. The predicted octanol–water partition coefficient (Wildman–Crippen LogP) is 1.56. The second-order valence-electron chi connectivity index (χ2n) is 7.50. The fraction of sp³-hybridized carbons (Fsp3) is 0.706. The number of rotatable bonds is 3. The van der Waals surface area contributed by atoms with Gasteiger partial charge in [-0.2, -0.15) is 0 Å². The lowest BCUT2D eigenvalue weighted by molar-refractivity contribution is -0.239. The minimum absolute atomic E-state index is 0.336. The van der Waals surface area contributed by atoms with Gasteiger partial charge in [0.15, 0.2) is 17.9 Å². The van der Waals surface area contributed by atoms with Gasteiger partial charge in [-0.1, -0.05) is 0 Å². The fourth-order valence-electron chi connectivity index (χ4n) is 3.61. The highest BCUT2D eigenvalue weighted by Gasteiger charge is 2.59. The average molecular weight is 352 g/mol. The summed E-state index contributed by atoms with van der Waals surface area (Å²) < 4.78 is 29.5. The maximum atomic E-state index is 10.7. The summed E-state index contributed by atoms with van der Waals surface area (Å²) in [6.45, 7) is 7.72. The first-order valence-corrected chi connectivity index (χ1v) is 8.47. The van der Waals surface area contributed by atoms with Crippen molar-refractivity contribution >= 4 is 6.21 Å². The predicted molar refractivity (Wildman–Crippen MR) is 86.7 cm³/mol. The van der Waals surface area contributed by atoms with Gasteiger partial charge in [-0.25, -0.2) is 0 Å². The molecule has 3 fully saturated rings. The molecule has 0 amide bonds. The fourth-order valence-corrected chi connectivity index (χ4v) is 3.61. The van der Waals surface area contributed by atoms with Gasteiger partial charge < -0.3 is 23.7 Å². The van der Waals surface area contributed by atoms with Gasteiger partial charge in [0, 0.05) is 6.21 Å². The first-order valence-electron chi connectivity index (χ1n) is 8.47. The summed E-state index contributed by atoms with van der Waals surface area (Å²) in [5, 5.41) is 11.8. The number of hydrogen-bond acceptors (Lipinski definition) is 8. The molecular formula is C17H24N2O6. The van der Waals surface area contributed by atoms with Crippen molar-refractivity contribution in [2.45, 2.75) is 69.9 Å². The lowest BCUT2D eigenvalue weighted by Gasteiger charge is -2.32. The number of allylic oxidation sites excluding steroid dienone is 2. The molecule has 0 saturated carbocycles. The molecule has 0 unspecified atom stereocenters. The molecule has 5 atom stereocenters. The van der Waals surface area contributed by atoms with Crippen LogP contribution in [-0.2, 0) is 23.7 Å². The summed E-state index contributed by atoms with van der Waals surface area (Å²) >= 11 is 0. The van der Waals surface area contributed by atoms with Crippen molar-refractivity contribution in [1.82, 2.24) is 5.06 Å². The first-order chi connectivity index (χ1) is 11.7. The second kappa shape index (κ2) is 5.87. The van der Waals surface area contributed by atoms with Crippen molar-refractivity contribution < 1.29 is 28.9 Å². The molecule has 4 aliphatic rings. The standard InChI is InChI=1S/C17H24N2O6/c1-16(2)21-9-11(23-16)13-12(19(20)8-10-6-5-7-18-10)14-15(22-13)25-17(3,4)24-14/h5-8,11-15,20H,9H2,1-4H3/b10-8-/t11-,12-,13-,14-,15-/m1/s1. The largest absolute Gasteiger partial charge is 0.348 e. The van der Waals surface area contributed by atoms with Crippen molar-refractivity contribution in [3.8, 4) is 0 Å². The van der Waals surface area contributed by atoms with E-state index in [1.807, 2.05) is 27.7 Å². The zero-order valence-corrected chi connectivity index (χ0v) is 14.8. The van der Waals surface area contributed by atoms with E-state index in [2.05, 4.69) is 4.99 Å². The van der Waals surface area contributed by atoms with Crippen LogP contribution < -0.4 is 0 Å². The Hall–Kier alpha value is -1.29. The molecule has 4 heterocycles. The summed E-state index contributed by atoms with van der Waals surface area (Å²) in [6.07, 6.45) is 5.00. The van der Waals surface area contributed by atoms with E-state index in [9.17, 15) is 5.21 Å². The van der Waals surface area contributed by atoms with Crippen LogP contribution in [0.4, 0.5) is 0 Å². The quantitative estimate of drug-likeness (QED) is 0.772. The minimum atomic E-state index is -0.774.